The van der Waals surface area contributed by atoms with Crippen LogP contribution in [0.1, 0.15) is 57.1 Å². The molecule has 3 rings (SSSR count). The fourth-order valence-electron chi connectivity index (χ4n) is 4.78. The molecule has 2 aliphatic carbocycles. The lowest BCUT2D eigenvalue weighted by Gasteiger charge is -2.40. The number of rotatable bonds is 2. The van der Waals surface area contributed by atoms with Crippen LogP contribution in [0.4, 0.5) is 0 Å². The van der Waals surface area contributed by atoms with Crippen LogP contribution in [-0.2, 0) is 0 Å². The minimum atomic E-state index is 0.431. The zero-order chi connectivity index (χ0) is 13.8. The molecule has 0 radical (unpaired) electrons. The Morgan fingerprint density at radius 1 is 1.21 bits per heavy atom. The van der Waals surface area contributed by atoms with E-state index in [2.05, 4.69) is 45.9 Å². The van der Waals surface area contributed by atoms with Crippen LogP contribution < -0.4 is 4.74 Å². The van der Waals surface area contributed by atoms with Crippen molar-refractivity contribution in [3.05, 3.63) is 29.3 Å². The summed E-state index contributed by atoms with van der Waals surface area (Å²) >= 11 is 0. The highest BCUT2D eigenvalue weighted by atomic mass is 16.5. The SMILES string of the molecule is COc1cc(C)ccc1C1CC2CCC1(C)C2(C)C. The monoisotopic (exact) mass is 258 g/mol. The maximum atomic E-state index is 5.66. The minimum absolute atomic E-state index is 0.431. The van der Waals surface area contributed by atoms with Gasteiger partial charge in [0.25, 0.3) is 0 Å². The van der Waals surface area contributed by atoms with Crippen molar-refractivity contribution in [1.29, 1.82) is 0 Å². The second-order valence-corrected chi connectivity index (χ2v) is 7.41. The molecule has 0 N–H and O–H groups in total. The van der Waals surface area contributed by atoms with Crippen LogP contribution in [0.25, 0.3) is 0 Å². The Morgan fingerprint density at radius 3 is 2.47 bits per heavy atom. The summed E-state index contributed by atoms with van der Waals surface area (Å²) in [5.74, 6) is 2.64. The predicted octanol–water partition coefficient (Wildman–Crippen LogP) is 4.93. The number of ether oxygens (including phenoxy) is 1. The van der Waals surface area contributed by atoms with Gasteiger partial charge >= 0.3 is 0 Å². The molecule has 1 nitrogen and oxygen atoms in total. The summed E-state index contributed by atoms with van der Waals surface area (Å²) in [6.45, 7) is 9.60. The van der Waals surface area contributed by atoms with Crippen LogP contribution in [0.5, 0.6) is 5.75 Å². The molecule has 0 spiro atoms. The molecule has 2 aliphatic rings. The molecule has 1 aromatic carbocycles. The lowest BCUT2D eigenvalue weighted by atomic mass is 9.65. The van der Waals surface area contributed by atoms with Gasteiger partial charge in [-0.2, -0.15) is 0 Å². The zero-order valence-electron chi connectivity index (χ0n) is 12.9. The summed E-state index contributed by atoms with van der Waals surface area (Å²) < 4.78 is 5.66. The highest BCUT2D eigenvalue weighted by molar-refractivity contribution is 5.42. The lowest BCUT2D eigenvalue weighted by molar-refractivity contribution is 0.133. The van der Waals surface area contributed by atoms with Crippen LogP contribution in [0, 0.1) is 23.7 Å². The summed E-state index contributed by atoms with van der Waals surface area (Å²) in [7, 11) is 1.80. The van der Waals surface area contributed by atoms with Gasteiger partial charge in [-0.1, -0.05) is 32.9 Å². The van der Waals surface area contributed by atoms with E-state index in [0.717, 1.165) is 11.7 Å². The predicted molar refractivity (Wildman–Crippen MR) is 79.7 cm³/mol. The van der Waals surface area contributed by atoms with Gasteiger partial charge in [0, 0.05) is 0 Å². The van der Waals surface area contributed by atoms with E-state index in [4.69, 9.17) is 4.74 Å². The minimum Gasteiger partial charge on any atom is -0.496 e. The van der Waals surface area contributed by atoms with E-state index in [1.54, 1.807) is 7.11 Å². The molecule has 104 valence electrons. The van der Waals surface area contributed by atoms with Gasteiger partial charge in [0.15, 0.2) is 0 Å². The van der Waals surface area contributed by atoms with Crippen molar-refractivity contribution in [1.82, 2.24) is 0 Å². The number of hydrogen-bond donors (Lipinski definition) is 0. The van der Waals surface area contributed by atoms with Crippen molar-refractivity contribution in [2.75, 3.05) is 7.11 Å². The van der Waals surface area contributed by atoms with Gasteiger partial charge in [0.2, 0.25) is 0 Å². The number of aryl methyl sites for hydroxylation is 1. The number of benzene rings is 1. The fraction of sp³-hybridized carbons (Fsp3) is 0.667. The first-order valence-electron chi connectivity index (χ1n) is 7.54. The van der Waals surface area contributed by atoms with Crippen LogP contribution in [-0.4, -0.2) is 7.11 Å². The summed E-state index contributed by atoms with van der Waals surface area (Å²) in [4.78, 5) is 0. The topological polar surface area (TPSA) is 9.23 Å². The third kappa shape index (κ3) is 1.60. The van der Waals surface area contributed by atoms with Crippen LogP contribution in [0.15, 0.2) is 18.2 Å². The first kappa shape index (κ1) is 13.0. The molecule has 0 heterocycles. The lowest BCUT2D eigenvalue weighted by Crippen LogP contribution is -2.31. The molecular formula is C18H26O. The second kappa shape index (κ2) is 4.01. The van der Waals surface area contributed by atoms with Crippen LogP contribution in [0.2, 0.25) is 0 Å². The van der Waals surface area contributed by atoms with E-state index in [9.17, 15) is 0 Å². The molecule has 0 aliphatic heterocycles. The Kier molecular flexibility index (Phi) is 2.75. The molecule has 1 aromatic rings. The Balaban J connectivity index is 2.06. The van der Waals surface area contributed by atoms with Crippen molar-refractivity contribution in [2.24, 2.45) is 16.7 Å². The average Bonchev–Trinajstić information content (AvgIpc) is 2.71. The number of methoxy groups -OCH3 is 1. The maximum Gasteiger partial charge on any atom is 0.122 e. The first-order valence-corrected chi connectivity index (χ1v) is 7.54. The normalized spacial score (nSPS) is 35.6. The van der Waals surface area contributed by atoms with Crippen molar-refractivity contribution >= 4 is 0 Å². The van der Waals surface area contributed by atoms with E-state index >= 15 is 0 Å². The molecule has 0 saturated heterocycles. The summed E-state index contributed by atoms with van der Waals surface area (Å²) in [6, 6.07) is 6.73. The van der Waals surface area contributed by atoms with Gasteiger partial charge < -0.3 is 4.74 Å². The molecule has 0 amide bonds. The van der Waals surface area contributed by atoms with Crippen molar-refractivity contribution < 1.29 is 4.74 Å². The first-order chi connectivity index (χ1) is 8.90. The second-order valence-electron chi connectivity index (χ2n) is 7.41. The third-order valence-electron chi connectivity index (χ3n) is 6.56. The highest BCUT2D eigenvalue weighted by Gasteiger charge is 2.61. The van der Waals surface area contributed by atoms with Crippen molar-refractivity contribution in [3.8, 4) is 5.75 Å². The third-order valence-corrected chi connectivity index (χ3v) is 6.56. The van der Waals surface area contributed by atoms with Gasteiger partial charge in [-0.25, -0.2) is 0 Å². The molecule has 1 heteroatoms. The smallest absolute Gasteiger partial charge is 0.122 e. The molecule has 2 bridgehead atoms. The maximum absolute atomic E-state index is 5.66. The number of fused-ring (bicyclic) bond motifs is 2. The summed E-state index contributed by atoms with van der Waals surface area (Å²) in [5.41, 5.74) is 3.62. The standard InChI is InChI=1S/C18H26O/c1-12-6-7-14(16(10-12)19-5)15-11-13-8-9-18(15,4)17(13,2)3/h6-7,10,13,15H,8-9,11H2,1-5H3. The van der Waals surface area contributed by atoms with Gasteiger partial charge in [-0.3, -0.25) is 0 Å². The zero-order valence-corrected chi connectivity index (χ0v) is 12.9. The Bertz CT molecular complexity index is 502. The van der Waals surface area contributed by atoms with E-state index in [0.29, 0.717) is 16.7 Å². The van der Waals surface area contributed by atoms with Crippen LogP contribution in [0.3, 0.4) is 0 Å². The van der Waals surface area contributed by atoms with E-state index in [-0.39, 0.29) is 0 Å². The molecule has 0 aromatic heterocycles. The Labute approximate surface area is 117 Å². The summed E-state index contributed by atoms with van der Waals surface area (Å²) in [6.07, 6.45) is 4.11. The van der Waals surface area contributed by atoms with Crippen molar-refractivity contribution in [3.63, 3.8) is 0 Å². The average molecular weight is 258 g/mol. The largest absolute Gasteiger partial charge is 0.496 e. The molecule has 2 fully saturated rings. The van der Waals surface area contributed by atoms with Crippen molar-refractivity contribution in [2.45, 2.75) is 52.9 Å². The number of hydrogen-bond acceptors (Lipinski definition) is 1. The van der Waals surface area contributed by atoms with E-state index in [1.807, 2.05) is 0 Å². The van der Waals surface area contributed by atoms with Gasteiger partial charge in [-0.05, 0) is 66.0 Å². The van der Waals surface area contributed by atoms with Gasteiger partial charge in [0.1, 0.15) is 5.75 Å². The quantitative estimate of drug-likeness (QED) is 0.730. The molecule has 2 saturated carbocycles. The molecule has 3 unspecified atom stereocenters. The fourth-order valence-corrected chi connectivity index (χ4v) is 4.78. The van der Waals surface area contributed by atoms with Crippen LogP contribution >= 0.6 is 0 Å². The van der Waals surface area contributed by atoms with Gasteiger partial charge in [-0.15, -0.1) is 0 Å². The molecule has 3 atom stereocenters. The van der Waals surface area contributed by atoms with E-state index in [1.165, 1.54) is 30.4 Å². The Morgan fingerprint density at radius 2 is 1.95 bits per heavy atom. The molecule has 19 heavy (non-hydrogen) atoms. The Hall–Kier alpha value is -0.980. The van der Waals surface area contributed by atoms with E-state index < -0.39 is 0 Å². The highest BCUT2D eigenvalue weighted by Crippen LogP contribution is 2.71. The molecular weight excluding hydrogens is 232 g/mol. The van der Waals surface area contributed by atoms with Gasteiger partial charge in [0.05, 0.1) is 7.11 Å². The summed E-state index contributed by atoms with van der Waals surface area (Å²) in [5, 5.41) is 0.